The average molecular weight is 271 g/mol. The predicted molar refractivity (Wildman–Crippen MR) is 81.7 cm³/mol. The number of hydrogen-bond donors (Lipinski definition) is 1. The van der Waals surface area contributed by atoms with E-state index in [0.717, 1.165) is 43.1 Å². The van der Waals surface area contributed by atoms with Gasteiger partial charge < -0.3 is 10.6 Å². The SMILES string of the molecule is CCCc1nc(N)cc(N(C)CCc2ccccn2)n1. The molecule has 2 aromatic heterocycles. The molecule has 0 aliphatic carbocycles. The van der Waals surface area contributed by atoms with Crippen molar-refractivity contribution in [1.82, 2.24) is 15.0 Å². The van der Waals surface area contributed by atoms with E-state index < -0.39 is 0 Å². The molecule has 20 heavy (non-hydrogen) atoms. The summed E-state index contributed by atoms with van der Waals surface area (Å²) < 4.78 is 0. The minimum Gasteiger partial charge on any atom is -0.384 e. The van der Waals surface area contributed by atoms with E-state index in [1.807, 2.05) is 37.5 Å². The molecule has 0 radical (unpaired) electrons. The molecule has 106 valence electrons. The van der Waals surface area contributed by atoms with Crippen molar-refractivity contribution in [3.63, 3.8) is 0 Å². The Bertz CT molecular complexity index is 541. The third kappa shape index (κ3) is 3.91. The predicted octanol–water partition coefficient (Wildman–Crippen LogP) is 2.09. The van der Waals surface area contributed by atoms with Gasteiger partial charge in [0.15, 0.2) is 0 Å². The molecule has 0 saturated carbocycles. The second-order valence-electron chi connectivity index (χ2n) is 4.81. The lowest BCUT2D eigenvalue weighted by atomic mass is 10.2. The monoisotopic (exact) mass is 271 g/mol. The van der Waals surface area contributed by atoms with Crippen LogP contribution in [-0.4, -0.2) is 28.5 Å². The van der Waals surface area contributed by atoms with Crippen LogP contribution in [0.3, 0.4) is 0 Å². The van der Waals surface area contributed by atoms with Gasteiger partial charge in [-0.3, -0.25) is 4.98 Å². The van der Waals surface area contributed by atoms with Crippen molar-refractivity contribution < 1.29 is 0 Å². The van der Waals surface area contributed by atoms with E-state index >= 15 is 0 Å². The Hall–Kier alpha value is -2.17. The van der Waals surface area contributed by atoms with Crippen LogP contribution in [0.25, 0.3) is 0 Å². The van der Waals surface area contributed by atoms with Crippen molar-refractivity contribution in [3.8, 4) is 0 Å². The van der Waals surface area contributed by atoms with E-state index in [-0.39, 0.29) is 0 Å². The van der Waals surface area contributed by atoms with E-state index in [1.165, 1.54) is 0 Å². The van der Waals surface area contributed by atoms with Gasteiger partial charge in [0.2, 0.25) is 0 Å². The Balaban J connectivity index is 2.03. The highest BCUT2D eigenvalue weighted by Gasteiger charge is 2.07. The minimum absolute atomic E-state index is 0.531. The zero-order valence-corrected chi connectivity index (χ0v) is 12.1. The topological polar surface area (TPSA) is 67.9 Å². The molecule has 0 unspecified atom stereocenters. The molecular weight excluding hydrogens is 250 g/mol. The number of anilines is 2. The molecule has 0 aromatic carbocycles. The third-order valence-corrected chi connectivity index (χ3v) is 3.07. The highest BCUT2D eigenvalue weighted by Crippen LogP contribution is 2.14. The molecule has 0 amide bonds. The summed E-state index contributed by atoms with van der Waals surface area (Å²) >= 11 is 0. The van der Waals surface area contributed by atoms with Crippen LogP contribution in [-0.2, 0) is 12.8 Å². The highest BCUT2D eigenvalue weighted by molar-refractivity contribution is 5.46. The fourth-order valence-corrected chi connectivity index (χ4v) is 1.98. The summed E-state index contributed by atoms with van der Waals surface area (Å²) in [7, 11) is 2.01. The number of nitrogens with zero attached hydrogens (tertiary/aromatic N) is 4. The Kier molecular flexibility index (Phi) is 4.87. The van der Waals surface area contributed by atoms with E-state index in [9.17, 15) is 0 Å². The standard InChI is InChI=1S/C15H21N5/c1-3-6-14-18-13(16)11-15(19-14)20(2)10-8-12-7-4-5-9-17-12/h4-5,7,9,11H,3,6,8,10H2,1-2H3,(H2,16,18,19). The molecule has 0 atom stereocenters. The lowest BCUT2D eigenvalue weighted by Crippen LogP contribution is -2.22. The summed E-state index contributed by atoms with van der Waals surface area (Å²) in [5, 5.41) is 0. The van der Waals surface area contributed by atoms with Gasteiger partial charge in [0.1, 0.15) is 17.5 Å². The van der Waals surface area contributed by atoms with Crippen LogP contribution in [0.2, 0.25) is 0 Å². The fourth-order valence-electron chi connectivity index (χ4n) is 1.98. The number of rotatable bonds is 6. The first-order valence-corrected chi connectivity index (χ1v) is 6.93. The van der Waals surface area contributed by atoms with Crippen LogP contribution in [0.4, 0.5) is 11.6 Å². The molecule has 0 aliphatic heterocycles. The number of nitrogens with two attached hydrogens (primary N) is 1. The summed E-state index contributed by atoms with van der Waals surface area (Å²) in [4.78, 5) is 15.2. The minimum atomic E-state index is 0.531. The fraction of sp³-hybridized carbons (Fsp3) is 0.400. The van der Waals surface area contributed by atoms with Crippen LogP contribution >= 0.6 is 0 Å². The van der Waals surface area contributed by atoms with Crippen LogP contribution in [0.15, 0.2) is 30.5 Å². The maximum Gasteiger partial charge on any atom is 0.134 e. The lowest BCUT2D eigenvalue weighted by molar-refractivity contribution is 0.801. The van der Waals surface area contributed by atoms with Crippen molar-refractivity contribution in [2.45, 2.75) is 26.2 Å². The van der Waals surface area contributed by atoms with Gasteiger partial charge in [-0.15, -0.1) is 0 Å². The first-order valence-electron chi connectivity index (χ1n) is 6.93. The first-order chi connectivity index (χ1) is 9.69. The molecule has 0 spiro atoms. The maximum absolute atomic E-state index is 5.84. The Labute approximate surface area is 119 Å². The molecule has 0 bridgehead atoms. The Morgan fingerprint density at radius 3 is 2.75 bits per heavy atom. The van der Waals surface area contributed by atoms with Crippen LogP contribution < -0.4 is 10.6 Å². The molecule has 0 aliphatic rings. The third-order valence-electron chi connectivity index (χ3n) is 3.07. The van der Waals surface area contributed by atoms with Gasteiger partial charge in [0, 0.05) is 44.4 Å². The van der Waals surface area contributed by atoms with Crippen LogP contribution in [0, 0.1) is 0 Å². The van der Waals surface area contributed by atoms with Gasteiger partial charge in [-0.05, 0) is 18.6 Å². The van der Waals surface area contributed by atoms with E-state index in [4.69, 9.17) is 5.73 Å². The van der Waals surface area contributed by atoms with Gasteiger partial charge in [-0.25, -0.2) is 9.97 Å². The molecular formula is C15H21N5. The van der Waals surface area contributed by atoms with Crippen LogP contribution in [0.5, 0.6) is 0 Å². The second-order valence-corrected chi connectivity index (χ2v) is 4.81. The normalized spacial score (nSPS) is 10.5. The largest absolute Gasteiger partial charge is 0.384 e. The van der Waals surface area contributed by atoms with Crippen LogP contribution in [0.1, 0.15) is 24.9 Å². The average Bonchev–Trinajstić information content (AvgIpc) is 2.45. The number of hydrogen-bond acceptors (Lipinski definition) is 5. The molecule has 5 nitrogen and oxygen atoms in total. The summed E-state index contributed by atoms with van der Waals surface area (Å²) in [6.45, 7) is 2.95. The summed E-state index contributed by atoms with van der Waals surface area (Å²) in [6.07, 6.45) is 4.56. The van der Waals surface area contributed by atoms with E-state index in [0.29, 0.717) is 5.82 Å². The smallest absolute Gasteiger partial charge is 0.134 e. The lowest BCUT2D eigenvalue weighted by Gasteiger charge is -2.18. The summed E-state index contributed by atoms with van der Waals surface area (Å²) in [5.74, 6) is 2.22. The molecule has 0 saturated heterocycles. The maximum atomic E-state index is 5.84. The van der Waals surface area contributed by atoms with Gasteiger partial charge in [0.05, 0.1) is 0 Å². The number of aromatic nitrogens is 3. The molecule has 2 N–H and O–H groups in total. The number of likely N-dealkylation sites (N-methyl/N-ethyl adjacent to an activating group) is 1. The summed E-state index contributed by atoms with van der Waals surface area (Å²) in [6, 6.07) is 7.78. The molecule has 2 aromatic rings. The van der Waals surface area contributed by atoms with E-state index in [1.54, 1.807) is 0 Å². The molecule has 5 heteroatoms. The Morgan fingerprint density at radius 2 is 2.05 bits per heavy atom. The zero-order valence-electron chi connectivity index (χ0n) is 12.1. The zero-order chi connectivity index (χ0) is 14.4. The van der Waals surface area contributed by atoms with Crippen molar-refractivity contribution in [1.29, 1.82) is 0 Å². The second kappa shape index (κ2) is 6.84. The number of aryl methyl sites for hydroxylation is 1. The van der Waals surface area contributed by atoms with Crippen molar-refractivity contribution in [3.05, 3.63) is 42.0 Å². The molecule has 0 fully saturated rings. The number of nitrogen functional groups attached to an aromatic ring is 1. The van der Waals surface area contributed by atoms with Gasteiger partial charge >= 0.3 is 0 Å². The van der Waals surface area contributed by atoms with E-state index in [2.05, 4.69) is 26.8 Å². The molecule has 2 rings (SSSR count). The van der Waals surface area contributed by atoms with Gasteiger partial charge in [-0.2, -0.15) is 0 Å². The Morgan fingerprint density at radius 1 is 1.20 bits per heavy atom. The van der Waals surface area contributed by atoms with Gasteiger partial charge in [-0.1, -0.05) is 13.0 Å². The number of pyridine rings is 1. The van der Waals surface area contributed by atoms with Crippen molar-refractivity contribution >= 4 is 11.6 Å². The van der Waals surface area contributed by atoms with Gasteiger partial charge in [0.25, 0.3) is 0 Å². The first kappa shape index (κ1) is 14.2. The van der Waals surface area contributed by atoms with Crippen molar-refractivity contribution in [2.75, 3.05) is 24.2 Å². The molecule has 2 heterocycles. The summed E-state index contributed by atoms with van der Waals surface area (Å²) in [5.41, 5.74) is 6.92. The highest BCUT2D eigenvalue weighted by atomic mass is 15.2. The van der Waals surface area contributed by atoms with Crippen molar-refractivity contribution in [2.24, 2.45) is 0 Å². The quantitative estimate of drug-likeness (QED) is 0.871.